The van der Waals surface area contributed by atoms with E-state index in [1.807, 2.05) is 11.0 Å². The summed E-state index contributed by atoms with van der Waals surface area (Å²) in [6.45, 7) is 6.23. The van der Waals surface area contributed by atoms with E-state index in [0.717, 1.165) is 49.6 Å². The van der Waals surface area contributed by atoms with E-state index < -0.39 is 0 Å². The molecule has 1 aromatic heterocycles. The van der Waals surface area contributed by atoms with Crippen LogP contribution in [0.4, 0.5) is 0 Å². The molecule has 1 amide bonds. The second-order valence-corrected chi connectivity index (χ2v) is 8.39. The van der Waals surface area contributed by atoms with Gasteiger partial charge in [0.15, 0.2) is 11.5 Å². The van der Waals surface area contributed by atoms with Crippen molar-refractivity contribution in [3.05, 3.63) is 47.6 Å². The fraction of sp³-hybridized carbons (Fsp3) is 0.542. The maximum Gasteiger partial charge on any atom is 0.254 e. The van der Waals surface area contributed by atoms with Gasteiger partial charge in [-0.3, -0.25) is 4.79 Å². The topological polar surface area (TPSA) is 69.5 Å². The fourth-order valence-electron chi connectivity index (χ4n) is 4.84. The molecule has 2 aromatic rings. The molecule has 0 N–H and O–H groups in total. The molecule has 2 aliphatic heterocycles. The number of hydrogen-bond acceptors (Lipinski definition) is 5. The number of carbonyl (C=O) groups excluding carboxylic acids is 1. The minimum atomic E-state index is 0.0200. The predicted octanol–water partition coefficient (Wildman–Crippen LogP) is 3.77. The number of hydrogen-bond donors (Lipinski definition) is 0. The molecule has 0 saturated carbocycles. The molecule has 1 saturated heterocycles. The van der Waals surface area contributed by atoms with Gasteiger partial charge in [-0.2, -0.15) is 0 Å². The number of fused-ring (bicyclic) bond motifs is 1. The molecule has 0 aliphatic carbocycles. The zero-order valence-corrected chi connectivity index (χ0v) is 18.6. The molecule has 7 nitrogen and oxygen atoms in total. The van der Waals surface area contributed by atoms with Crippen molar-refractivity contribution >= 4 is 5.91 Å². The number of amides is 1. The molecule has 0 spiro atoms. The highest BCUT2D eigenvalue weighted by Crippen LogP contribution is 2.35. The Bertz CT molecular complexity index is 953. The third-order valence-electron chi connectivity index (χ3n) is 6.38. The highest BCUT2D eigenvalue weighted by molar-refractivity contribution is 5.95. The van der Waals surface area contributed by atoms with Crippen LogP contribution in [0, 0.1) is 0 Å². The monoisotopic (exact) mass is 424 g/mol. The highest BCUT2D eigenvalue weighted by atomic mass is 16.5. The van der Waals surface area contributed by atoms with Gasteiger partial charge < -0.3 is 18.9 Å². The molecule has 3 heterocycles. The first kappa shape index (κ1) is 21.4. The van der Waals surface area contributed by atoms with Gasteiger partial charge in [-0.15, -0.1) is 16.8 Å². The molecule has 1 aromatic carbocycles. The molecule has 1 unspecified atom stereocenters. The smallest absolute Gasteiger partial charge is 0.254 e. The first-order valence-electron chi connectivity index (χ1n) is 11.2. The van der Waals surface area contributed by atoms with E-state index in [1.165, 1.54) is 19.3 Å². The summed E-state index contributed by atoms with van der Waals surface area (Å²) in [6.07, 6.45) is 9.00. The summed E-state index contributed by atoms with van der Waals surface area (Å²) in [5.74, 6) is 3.62. The molecule has 7 heteroatoms. The second-order valence-electron chi connectivity index (χ2n) is 8.39. The van der Waals surface area contributed by atoms with Crippen molar-refractivity contribution in [1.82, 2.24) is 19.7 Å². The van der Waals surface area contributed by atoms with Crippen LogP contribution in [-0.2, 0) is 19.4 Å². The Labute approximate surface area is 184 Å². The lowest BCUT2D eigenvalue weighted by Crippen LogP contribution is -2.40. The Balaban J connectivity index is 1.58. The molecule has 2 aliphatic rings. The van der Waals surface area contributed by atoms with Crippen molar-refractivity contribution in [3.8, 4) is 11.5 Å². The molecule has 1 fully saturated rings. The van der Waals surface area contributed by atoms with E-state index in [0.29, 0.717) is 30.0 Å². The summed E-state index contributed by atoms with van der Waals surface area (Å²) < 4.78 is 13.3. The van der Waals surface area contributed by atoms with Crippen molar-refractivity contribution in [3.63, 3.8) is 0 Å². The first-order valence-corrected chi connectivity index (χ1v) is 11.2. The normalized spacial score (nSPS) is 18.8. The standard InChI is InChI=1S/C24H32N4O3/c1-4-9-17-14-19(15-20(30-2)22(17)31-3)24(29)27-12-8-10-18(16-27)23-26-25-21-11-6-5-7-13-28(21)23/h4,14-15,18H,1,5-13,16H2,2-3H3. The van der Waals surface area contributed by atoms with Gasteiger partial charge in [-0.25, -0.2) is 0 Å². The number of piperidine rings is 1. The SMILES string of the molecule is C=CCc1cc(C(=O)N2CCCC(c3nnc4n3CCCCC4)C2)cc(OC)c1OC. The van der Waals surface area contributed by atoms with Crippen LogP contribution in [-0.4, -0.2) is 52.9 Å². The number of rotatable bonds is 6. The number of nitrogens with zero attached hydrogens (tertiary/aromatic N) is 4. The molecule has 4 rings (SSSR count). The molecule has 0 bridgehead atoms. The van der Waals surface area contributed by atoms with E-state index in [9.17, 15) is 4.79 Å². The minimum absolute atomic E-state index is 0.0200. The lowest BCUT2D eigenvalue weighted by atomic mass is 9.96. The van der Waals surface area contributed by atoms with Crippen molar-refractivity contribution in [2.45, 2.75) is 57.4 Å². The molecule has 1 atom stereocenters. The number of ether oxygens (including phenoxy) is 2. The van der Waals surface area contributed by atoms with Gasteiger partial charge >= 0.3 is 0 Å². The molecule has 166 valence electrons. The Morgan fingerprint density at radius 2 is 2.03 bits per heavy atom. The largest absolute Gasteiger partial charge is 0.493 e. The van der Waals surface area contributed by atoms with Crippen LogP contribution in [0.25, 0.3) is 0 Å². The van der Waals surface area contributed by atoms with Crippen LogP contribution in [0.3, 0.4) is 0 Å². The van der Waals surface area contributed by atoms with Crippen LogP contribution in [0.5, 0.6) is 11.5 Å². The number of benzene rings is 1. The molecular weight excluding hydrogens is 392 g/mol. The Kier molecular flexibility index (Phi) is 6.59. The van der Waals surface area contributed by atoms with Crippen LogP contribution in [0.2, 0.25) is 0 Å². The number of likely N-dealkylation sites (tertiary alicyclic amines) is 1. The Hall–Kier alpha value is -2.83. The van der Waals surface area contributed by atoms with E-state index in [4.69, 9.17) is 9.47 Å². The summed E-state index contributed by atoms with van der Waals surface area (Å²) in [6, 6.07) is 3.68. The van der Waals surface area contributed by atoms with Gasteiger partial charge in [0.05, 0.1) is 14.2 Å². The predicted molar refractivity (Wildman–Crippen MR) is 119 cm³/mol. The van der Waals surface area contributed by atoms with Crippen LogP contribution in [0.15, 0.2) is 24.8 Å². The summed E-state index contributed by atoms with van der Waals surface area (Å²) in [4.78, 5) is 15.4. The van der Waals surface area contributed by atoms with Crippen LogP contribution >= 0.6 is 0 Å². The third kappa shape index (κ3) is 4.31. The van der Waals surface area contributed by atoms with Crippen molar-refractivity contribution in [1.29, 1.82) is 0 Å². The van der Waals surface area contributed by atoms with Crippen LogP contribution in [0.1, 0.15) is 65.6 Å². The highest BCUT2D eigenvalue weighted by Gasteiger charge is 2.30. The van der Waals surface area contributed by atoms with Crippen molar-refractivity contribution < 1.29 is 14.3 Å². The van der Waals surface area contributed by atoms with Gasteiger partial charge in [0.25, 0.3) is 5.91 Å². The third-order valence-corrected chi connectivity index (χ3v) is 6.38. The molecule has 0 radical (unpaired) electrons. The van der Waals surface area contributed by atoms with Crippen molar-refractivity contribution in [2.75, 3.05) is 27.3 Å². The van der Waals surface area contributed by atoms with Crippen molar-refractivity contribution in [2.24, 2.45) is 0 Å². The Morgan fingerprint density at radius 1 is 1.16 bits per heavy atom. The number of aryl methyl sites for hydroxylation is 1. The van der Waals surface area contributed by atoms with E-state index in [2.05, 4.69) is 21.3 Å². The van der Waals surface area contributed by atoms with Gasteiger partial charge in [-0.05, 0) is 44.2 Å². The van der Waals surface area contributed by atoms with Gasteiger partial charge in [0.1, 0.15) is 11.6 Å². The van der Waals surface area contributed by atoms with E-state index in [-0.39, 0.29) is 11.8 Å². The number of carbonyl (C=O) groups is 1. The number of methoxy groups -OCH3 is 2. The first-order chi connectivity index (χ1) is 15.2. The number of allylic oxidation sites excluding steroid dienone is 1. The maximum atomic E-state index is 13.4. The van der Waals surface area contributed by atoms with E-state index >= 15 is 0 Å². The second kappa shape index (κ2) is 9.54. The zero-order valence-electron chi connectivity index (χ0n) is 18.6. The van der Waals surface area contributed by atoms with E-state index in [1.54, 1.807) is 26.4 Å². The lowest BCUT2D eigenvalue weighted by Gasteiger charge is -2.32. The zero-order chi connectivity index (χ0) is 21.8. The van der Waals surface area contributed by atoms with Gasteiger partial charge in [0, 0.05) is 43.1 Å². The maximum absolute atomic E-state index is 13.4. The summed E-state index contributed by atoms with van der Waals surface area (Å²) in [5.41, 5.74) is 1.52. The average molecular weight is 425 g/mol. The van der Waals surface area contributed by atoms with Gasteiger partial charge in [0.2, 0.25) is 0 Å². The summed E-state index contributed by atoms with van der Waals surface area (Å²) in [7, 11) is 3.21. The van der Waals surface area contributed by atoms with Gasteiger partial charge in [-0.1, -0.05) is 12.5 Å². The fourth-order valence-corrected chi connectivity index (χ4v) is 4.84. The lowest BCUT2D eigenvalue weighted by molar-refractivity contribution is 0.0702. The molecule has 31 heavy (non-hydrogen) atoms. The summed E-state index contributed by atoms with van der Waals surface area (Å²) >= 11 is 0. The minimum Gasteiger partial charge on any atom is -0.493 e. The average Bonchev–Trinajstić information content (AvgIpc) is 3.06. The summed E-state index contributed by atoms with van der Waals surface area (Å²) in [5, 5.41) is 9.01. The number of aromatic nitrogens is 3. The Morgan fingerprint density at radius 3 is 2.81 bits per heavy atom. The van der Waals surface area contributed by atoms with Crippen LogP contribution < -0.4 is 9.47 Å². The quantitative estimate of drug-likeness (QED) is 0.660. The molecular formula is C24H32N4O3.